The number of benzene rings is 3. The molecule has 4 rings (SSSR count). The molecule has 0 bridgehead atoms. The van der Waals surface area contributed by atoms with Crippen molar-refractivity contribution in [3.05, 3.63) is 84.2 Å². The fourth-order valence-electron chi connectivity index (χ4n) is 3.55. The molecule has 0 atom stereocenters. The lowest BCUT2D eigenvalue weighted by Crippen LogP contribution is -2.38. The van der Waals surface area contributed by atoms with Crippen LogP contribution in [0.2, 0.25) is 0 Å². The molecule has 0 aliphatic rings. The molecule has 1 aromatic heterocycles. The number of para-hydroxylation sites is 2. The van der Waals surface area contributed by atoms with Gasteiger partial charge in [0.25, 0.3) is 6.01 Å². The van der Waals surface area contributed by atoms with Crippen LogP contribution in [0.3, 0.4) is 0 Å². The average Bonchev–Trinajstić information content (AvgIpc) is 3.35. The molecule has 0 N–H and O–H groups in total. The van der Waals surface area contributed by atoms with Gasteiger partial charge in [-0.1, -0.05) is 24.3 Å². The number of amides is 1. The highest BCUT2D eigenvalue weighted by Crippen LogP contribution is 2.21. The molecule has 0 radical (unpaired) electrons. The van der Waals surface area contributed by atoms with Crippen molar-refractivity contribution in [2.75, 3.05) is 38.3 Å². The Bertz CT molecular complexity index is 1320. The first-order valence-corrected chi connectivity index (χ1v) is 12.1. The Kier molecular flexibility index (Phi) is 8.76. The molecular weight excluding hydrogens is 493 g/mol. The monoisotopic (exact) mass is 521 g/mol. The first-order chi connectivity index (χ1) is 18.4. The molecule has 0 fully saturated rings. The number of oxazole rings is 1. The van der Waals surface area contributed by atoms with E-state index in [1.165, 1.54) is 29.2 Å². The summed E-state index contributed by atoms with van der Waals surface area (Å²) in [5, 5.41) is 0. The predicted molar refractivity (Wildman–Crippen MR) is 139 cm³/mol. The molecular formula is C28H28FN3O6. The molecule has 10 heteroatoms. The highest BCUT2D eigenvalue weighted by Gasteiger charge is 2.21. The highest BCUT2D eigenvalue weighted by molar-refractivity contribution is 5.79. The van der Waals surface area contributed by atoms with Gasteiger partial charge in [0, 0.05) is 13.6 Å². The number of likely N-dealkylation sites (N-methyl/N-ethyl adjacent to an activating group) is 1. The van der Waals surface area contributed by atoms with Gasteiger partial charge in [-0.3, -0.25) is 9.69 Å². The van der Waals surface area contributed by atoms with Crippen molar-refractivity contribution < 1.29 is 32.6 Å². The first kappa shape index (κ1) is 26.5. The Labute approximate surface area is 219 Å². The van der Waals surface area contributed by atoms with Gasteiger partial charge in [-0.2, -0.15) is 4.98 Å². The molecule has 4 aromatic rings. The second kappa shape index (κ2) is 12.6. The zero-order valence-electron chi connectivity index (χ0n) is 21.1. The quantitative estimate of drug-likeness (QED) is 0.253. The van der Waals surface area contributed by atoms with Gasteiger partial charge in [0.05, 0.1) is 13.2 Å². The third kappa shape index (κ3) is 7.22. The predicted octanol–water partition coefficient (Wildman–Crippen LogP) is 5.05. The van der Waals surface area contributed by atoms with Crippen LogP contribution in [0.4, 0.5) is 15.2 Å². The minimum atomic E-state index is -0.757. The van der Waals surface area contributed by atoms with Gasteiger partial charge in [0.15, 0.2) is 5.58 Å². The topological polar surface area (TPSA) is 94.3 Å². The van der Waals surface area contributed by atoms with Crippen LogP contribution >= 0.6 is 0 Å². The molecule has 0 aliphatic carbocycles. The van der Waals surface area contributed by atoms with Gasteiger partial charge >= 0.3 is 12.1 Å². The maximum absolute atomic E-state index is 13.2. The number of esters is 1. The number of nitrogens with zero attached hydrogens (tertiary/aromatic N) is 3. The van der Waals surface area contributed by atoms with Crippen LogP contribution in [0, 0.1) is 5.82 Å². The summed E-state index contributed by atoms with van der Waals surface area (Å²) in [7, 11) is 1.88. The van der Waals surface area contributed by atoms with Crippen LogP contribution in [-0.2, 0) is 16.1 Å². The van der Waals surface area contributed by atoms with Gasteiger partial charge in [-0.05, 0) is 61.0 Å². The van der Waals surface area contributed by atoms with Crippen LogP contribution in [0.15, 0.2) is 77.2 Å². The van der Waals surface area contributed by atoms with Crippen molar-refractivity contribution in [3.63, 3.8) is 0 Å². The molecule has 0 aliphatic heterocycles. The molecule has 1 heterocycles. The SMILES string of the molecule is CCOC(=O)CN(Cc1ccc(OCCN(C)c2nc3ccccc3o2)cc1)C(=O)Oc1ccc(F)cc1. The molecule has 1 amide bonds. The summed E-state index contributed by atoms with van der Waals surface area (Å²) >= 11 is 0. The van der Waals surface area contributed by atoms with E-state index in [2.05, 4.69) is 4.98 Å². The van der Waals surface area contributed by atoms with Crippen molar-refractivity contribution in [2.24, 2.45) is 0 Å². The van der Waals surface area contributed by atoms with E-state index in [1.807, 2.05) is 36.2 Å². The second-order valence-corrected chi connectivity index (χ2v) is 8.36. The molecule has 3 aromatic carbocycles. The summed E-state index contributed by atoms with van der Waals surface area (Å²) in [5.74, 6) is -0.206. The van der Waals surface area contributed by atoms with E-state index >= 15 is 0 Å². The van der Waals surface area contributed by atoms with Gasteiger partial charge in [0.1, 0.15) is 36.0 Å². The Morgan fingerprint density at radius 2 is 1.68 bits per heavy atom. The van der Waals surface area contributed by atoms with Crippen molar-refractivity contribution in [1.82, 2.24) is 9.88 Å². The largest absolute Gasteiger partial charge is 0.492 e. The number of carbonyl (C=O) groups is 2. The second-order valence-electron chi connectivity index (χ2n) is 8.36. The van der Waals surface area contributed by atoms with E-state index in [1.54, 1.807) is 31.2 Å². The smallest absolute Gasteiger partial charge is 0.416 e. The zero-order valence-corrected chi connectivity index (χ0v) is 21.1. The average molecular weight is 522 g/mol. The van der Waals surface area contributed by atoms with Gasteiger partial charge in [-0.25, -0.2) is 9.18 Å². The minimum Gasteiger partial charge on any atom is -0.492 e. The lowest BCUT2D eigenvalue weighted by atomic mass is 10.2. The number of hydrogen-bond acceptors (Lipinski definition) is 8. The lowest BCUT2D eigenvalue weighted by Gasteiger charge is -2.21. The minimum absolute atomic E-state index is 0.0968. The van der Waals surface area contributed by atoms with E-state index in [0.29, 0.717) is 24.9 Å². The summed E-state index contributed by atoms with van der Waals surface area (Å²) in [5.41, 5.74) is 2.27. The number of halogens is 1. The zero-order chi connectivity index (χ0) is 26.9. The van der Waals surface area contributed by atoms with Gasteiger partial charge in [-0.15, -0.1) is 0 Å². The molecule has 0 saturated carbocycles. The number of hydrogen-bond donors (Lipinski definition) is 0. The van der Waals surface area contributed by atoms with E-state index in [4.69, 9.17) is 18.6 Å². The number of rotatable bonds is 11. The lowest BCUT2D eigenvalue weighted by molar-refractivity contribution is -0.144. The summed E-state index contributed by atoms with van der Waals surface area (Å²) in [4.78, 5) is 32.4. The fourth-order valence-corrected chi connectivity index (χ4v) is 3.55. The maximum atomic E-state index is 13.2. The first-order valence-electron chi connectivity index (χ1n) is 12.1. The van der Waals surface area contributed by atoms with E-state index < -0.39 is 17.9 Å². The van der Waals surface area contributed by atoms with Crippen LogP contribution in [0.25, 0.3) is 11.1 Å². The molecule has 0 unspecified atom stereocenters. The van der Waals surface area contributed by atoms with Crippen LogP contribution in [0.5, 0.6) is 11.5 Å². The Hall–Kier alpha value is -4.60. The van der Waals surface area contributed by atoms with E-state index in [0.717, 1.165) is 16.7 Å². The fraction of sp³-hybridized carbons (Fsp3) is 0.250. The summed E-state index contributed by atoms with van der Waals surface area (Å²) in [6.45, 7) is 2.62. The maximum Gasteiger partial charge on any atom is 0.416 e. The number of carbonyl (C=O) groups excluding carboxylic acids is 2. The molecule has 0 spiro atoms. The molecule has 0 saturated heterocycles. The Morgan fingerprint density at radius 3 is 2.39 bits per heavy atom. The normalized spacial score (nSPS) is 10.7. The van der Waals surface area contributed by atoms with Crippen molar-refractivity contribution in [2.45, 2.75) is 13.5 Å². The summed E-state index contributed by atoms with van der Waals surface area (Å²) in [6, 6.07) is 20.3. The van der Waals surface area contributed by atoms with Crippen LogP contribution in [-0.4, -0.2) is 55.3 Å². The molecule has 38 heavy (non-hydrogen) atoms. The summed E-state index contributed by atoms with van der Waals surface area (Å²) < 4.78 is 35.1. The third-order valence-corrected chi connectivity index (χ3v) is 5.50. The number of ether oxygens (including phenoxy) is 3. The number of aromatic nitrogens is 1. The summed E-state index contributed by atoms with van der Waals surface area (Å²) in [6.07, 6.45) is -0.757. The number of fused-ring (bicyclic) bond motifs is 1. The van der Waals surface area contributed by atoms with Crippen molar-refractivity contribution >= 4 is 29.2 Å². The van der Waals surface area contributed by atoms with E-state index in [9.17, 15) is 14.0 Å². The van der Waals surface area contributed by atoms with Crippen molar-refractivity contribution in [1.29, 1.82) is 0 Å². The van der Waals surface area contributed by atoms with Crippen molar-refractivity contribution in [3.8, 4) is 11.5 Å². The van der Waals surface area contributed by atoms with Crippen LogP contribution < -0.4 is 14.4 Å². The highest BCUT2D eigenvalue weighted by atomic mass is 19.1. The van der Waals surface area contributed by atoms with E-state index in [-0.39, 0.29) is 25.4 Å². The van der Waals surface area contributed by atoms with Crippen LogP contribution in [0.1, 0.15) is 12.5 Å². The van der Waals surface area contributed by atoms with Gasteiger partial charge < -0.3 is 23.5 Å². The standard InChI is InChI=1S/C28H28FN3O6/c1-3-35-26(33)19-32(28(34)37-23-14-10-21(29)11-15-23)18-20-8-12-22(13-9-20)36-17-16-31(2)27-30-24-6-4-5-7-25(24)38-27/h4-15H,3,16-19H2,1-2H3. The third-order valence-electron chi connectivity index (χ3n) is 5.50. The Balaban J connectivity index is 1.32. The Morgan fingerprint density at radius 1 is 0.974 bits per heavy atom. The molecule has 198 valence electrons. The van der Waals surface area contributed by atoms with Gasteiger partial charge in [0.2, 0.25) is 0 Å². The number of anilines is 1. The molecule has 9 nitrogen and oxygen atoms in total.